The Kier molecular flexibility index (Phi) is 5.68. The number of rotatable bonds is 7. The smallest absolute Gasteiger partial charge is 0.259 e. The summed E-state index contributed by atoms with van der Waals surface area (Å²) < 4.78 is 5.12. The molecule has 1 aliphatic rings. The summed E-state index contributed by atoms with van der Waals surface area (Å²) in [7, 11) is 1.62. The molecule has 0 radical (unpaired) electrons. The molecule has 1 aromatic carbocycles. The van der Waals surface area contributed by atoms with Gasteiger partial charge in [0.15, 0.2) is 0 Å². The van der Waals surface area contributed by atoms with Gasteiger partial charge in [0.25, 0.3) is 5.56 Å². The lowest BCUT2D eigenvalue weighted by Crippen LogP contribution is -2.24. The fraction of sp³-hybridized carbons (Fsp3) is 0.350. The summed E-state index contributed by atoms with van der Waals surface area (Å²) in [6.45, 7) is 0.477. The third-order valence-electron chi connectivity index (χ3n) is 4.74. The maximum Gasteiger partial charge on any atom is 0.259 e. The lowest BCUT2D eigenvalue weighted by Gasteiger charge is -2.06. The van der Waals surface area contributed by atoms with E-state index in [4.69, 9.17) is 4.74 Å². The molecule has 0 bridgehead atoms. The van der Waals surface area contributed by atoms with E-state index >= 15 is 0 Å². The van der Waals surface area contributed by atoms with Gasteiger partial charge in [0.05, 0.1) is 24.0 Å². The number of aromatic nitrogens is 2. The van der Waals surface area contributed by atoms with Gasteiger partial charge in [-0.1, -0.05) is 12.1 Å². The Morgan fingerprint density at radius 1 is 1.32 bits per heavy atom. The Bertz CT molecular complexity index is 1060. The molecule has 0 atom stereocenters. The van der Waals surface area contributed by atoms with Gasteiger partial charge in [-0.2, -0.15) is 0 Å². The molecule has 0 unspecified atom stereocenters. The fourth-order valence-electron chi connectivity index (χ4n) is 3.35. The minimum absolute atomic E-state index is 0.0423. The van der Waals surface area contributed by atoms with Crippen molar-refractivity contribution in [3.8, 4) is 5.75 Å². The van der Waals surface area contributed by atoms with Gasteiger partial charge in [0.2, 0.25) is 5.91 Å². The topological polar surface area (TPSA) is 84.1 Å². The second-order valence-corrected chi connectivity index (χ2v) is 8.74. The minimum Gasteiger partial charge on any atom is -0.497 e. The molecule has 0 aliphatic heterocycles. The van der Waals surface area contributed by atoms with E-state index in [2.05, 4.69) is 15.3 Å². The number of thioether (sulfide) groups is 1. The molecule has 0 spiro atoms. The number of aryl methyl sites for hydroxylation is 2. The Balaban J connectivity index is 1.29. The molecule has 3 aromatic rings. The van der Waals surface area contributed by atoms with Crippen molar-refractivity contribution in [2.24, 2.45) is 0 Å². The van der Waals surface area contributed by atoms with Crippen LogP contribution in [0, 0.1) is 0 Å². The van der Waals surface area contributed by atoms with E-state index in [1.807, 2.05) is 24.3 Å². The van der Waals surface area contributed by atoms with Crippen molar-refractivity contribution < 1.29 is 9.53 Å². The number of fused-ring (bicyclic) bond motifs is 3. The summed E-state index contributed by atoms with van der Waals surface area (Å²) in [5.74, 6) is 2.20. The first kappa shape index (κ1) is 19.0. The average molecular weight is 416 g/mol. The van der Waals surface area contributed by atoms with Crippen LogP contribution in [0.3, 0.4) is 0 Å². The van der Waals surface area contributed by atoms with E-state index in [0.717, 1.165) is 40.8 Å². The molecule has 1 amide bonds. The van der Waals surface area contributed by atoms with Crippen LogP contribution < -0.4 is 15.6 Å². The average Bonchev–Trinajstić information content (AvgIpc) is 3.27. The molecule has 28 heavy (non-hydrogen) atoms. The molecule has 2 N–H and O–H groups in total. The zero-order chi connectivity index (χ0) is 19.5. The molecule has 0 saturated heterocycles. The van der Waals surface area contributed by atoms with Crippen molar-refractivity contribution in [3.63, 3.8) is 0 Å². The van der Waals surface area contributed by atoms with E-state index in [1.54, 1.807) is 18.4 Å². The van der Waals surface area contributed by atoms with E-state index in [0.29, 0.717) is 23.9 Å². The van der Waals surface area contributed by atoms with Crippen LogP contribution in [-0.2, 0) is 29.9 Å². The number of nitrogens with zero attached hydrogens (tertiary/aromatic N) is 1. The predicted octanol–water partition coefficient (Wildman–Crippen LogP) is 3.03. The molecule has 2 aromatic heterocycles. The first-order chi connectivity index (χ1) is 13.6. The molecule has 6 nitrogen and oxygen atoms in total. The van der Waals surface area contributed by atoms with Gasteiger partial charge in [-0.15, -0.1) is 23.1 Å². The number of benzene rings is 1. The van der Waals surface area contributed by atoms with Crippen LogP contribution in [0.25, 0.3) is 10.2 Å². The third-order valence-corrected chi connectivity index (χ3v) is 6.87. The van der Waals surface area contributed by atoms with Crippen molar-refractivity contribution in [2.45, 2.75) is 31.6 Å². The van der Waals surface area contributed by atoms with Gasteiger partial charge in [-0.25, -0.2) is 4.98 Å². The second kappa shape index (κ2) is 8.36. The number of carbonyl (C=O) groups excluding carboxylic acids is 1. The molecule has 8 heteroatoms. The second-order valence-electron chi connectivity index (χ2n) is 6.67. The quantitative estimate of drug-likeness (QED) is 0.620. The number of H-pyrrole nitrogens is 1. The maximum absolute atomic E-state index is 12.4. The first-order valence-corrected chi connectivity index (χ1v) is 11.1. The molecular formula is C20H21N3O3S2. The van der Waals surface area contributed by atoms with Gasteiger partial charge in [-0.3, -0.25) is 9.59 Å². The van der Waals surface area contributed by atoms with Gasteiger partial charge in [-0.05, 0) is 42.5 Å². The normalized spacial score (nSPS) is 12.9. The highest BCUT2D eigenvalue weighted by Gasteiger charge is 2.21. The number of aromatic amines is 1. The van der Waals surface area contributed by atoms with Gasteiger partial charge in [0, 0.05) is 11.4 Å². The van der Waals surface area contributed by atoms with Crippen LogP contribution in [0.4, 0.5) is 0 Å². The summed E-state index contributed by atoms with van der Waals surface area (Å²) >= 11 is 3.08. The highest BCUT2D eigenvalue weighted by Crippen LogP contribution is 2.34. The Morgan fingerprint density at radius 2 is 2.14 bits per heavy atom. The number of amides is 1. The number of ether oxygens (including phenoxy) is 1. The van der Waals surface area contributed by atoms with Crippen molar-refractivity contribution in [1.82, 2.24) is 15.3 Å². The predicted molar refractivity (Wildman–Crippen MR) is 113 cm³/mol. The SMILES string of the molecule is COc1ccc(CNC(=O)CSCc2nc3sc4c(c3c(=O)[nH]2)CCC4)cc1. The summed E-state index contributed by atoms with van der Waals surface area (Å²) in [6.07, 6.45) is 3.15. The third kappa shape index (κ3) is 4.07. The van der Waals surface area contributed by atoms with Crippen LogP contribution in [0.15, 0.2) is 29.1 Å². The molecule has 4 rings (SSSR count). The van der Waals surface area contributed by atoms with Gasteiger partial charge < -0.3 is 15.0 Å². The van der Waals surface area contributed by atoms with Crippen molar-refractivity contribution >= 4 is 39.2 Å². The fourth-order valence-corrected chi connectivity index (χ4v) is 5.35. The Morgan fingerprint density at radius 3 is 2.93 bits per heavy atom. The van der Waals surface area contributed by atoms with Crippen LogP contribution in [0.1, 0.15) is 28.2 Å². The molecule has 0 saturated carbocycles. The van der Waals surface area contributed by atoms with E-state index in [1.165, 1.54) is 22.2 Å². The molecule has 0 fully saturated rings. The summed E-state index contributed by atoms with van der Waals surface area (Å²) in [5, 5.41) is 3.67. The highest BCUT2D eigenvalue weighted by molar-refractivity contribution is 7.99. The number of thiophene rings is 1. The molecule has 2 heterocycles. The van der Waals surface area contributed by atoms with Gasteiger partial charge in [0.1, 0.15) is 16.4 Å². The van der Waals surface area contributed by atoms with Crippen molar-refractivity contribution in [2.75, 3.05) is 12.9 Å². The van der Waals surface area contributed by atoms with Crippen molar-refractivity contribution in [1.29, 1.82) is 0 Å². The molecule has 146 valence electrons. The summed E-state index contributed by atoms with van der Waals surface area (Å²) in [5.41, 5.74) is 2.15. The van der Waals surface area contributed by atoms with Crippen LogP contribution >= 0.6 is 23.1 Å². The summed E-state index contributed by atoms with van der Waals surface area (Å²) in [6, 6.07) is 7.59. The van der Waals surface area contributed by atoms with Crippen LogP contribution in [0.2, 0.25) is 0 Å². The number of hydrogen-bond donors (Lipinski definition) is 2. The Hall–Kier alpha value is -2.32. The zero-order valence-electron chi connectivity index (χ0n) is 15.5. The standard InChI is InChI=1S/C20H21N3O3S2/c1-26-13-7-5-12(6-8-13)9-21-17(24)11-27-10-16-22-19(25)18-14-3-2-4-15(14)28-20(18)23-16/h5-8H,2-4,9-11H2,1H3,(H,21,24)(H,22,23,25). The lowest BCUT2D eigenvalue weighted by molar-refractivity contribution is -0.118. The lowest BCUT2D eigenvalue weighted by atomic mass is 10.2. The highest BCUT2D eigenvalue weighted by atomic mass is 32.2. The van der Waals surface area contributed by atoms with E-state index < -0.39 is 0 Å². The zero-order valence-corrected chi connectivity index (χ0v) is 17.2. The van der Waals surface area contributed by atoms with Crippen LogP contribution in [0.5, 0.6) is 5.75 Å². The molecular weight excluding hydrogens is 394 g/mol. The Labute approximate surface area is 170 Å². The number of carbonyl (C=O) groups is 1. The number of methoxy groups -OCH3 is 1. The largest absolute Gasteiger partial charge is 0.497 e. The van der Waals surface area contributed by atoms with Crippen LogP contribution in [-0.4, -0.2) is 28.7 Å². The van der Waals surface area contributed by atoms with E-state index in [9.17, 15) is 9.59 Å². The minimum atomic E-state index is -0.0519. The number of nitrogens with one attached hydrogen (secondary N) is 2. The molecule has 1 aliphatic carbocycles. The number of hydrogen-bond acceptors (Lipinski definition) is 6. The van der Waals surface area contributed by atoms with Gasteiger partial charge >= 0.3 is 0 Å². The van der Waals surface area contributed by atoms with Crippen molar-refractivity contribution in [3.05, 3.63) is 56.4 Å². The first-order valence-electron chi connectivity index (χ1n) is 9.15. The maximum atomic E-state index is 12.4. The summed E-state index contributed by atoms with van der Waals surface area (Å²) in [4.78, 5) is 34.1. The monoisotopic (exact) mass is 415 g/mol. The van der Waals surface area contributed by atoms with E-state index in [-0.39, 0.29) is 11.5 Å².